The van der Waals surface area contributed by atoms with Crippen LogP contribution in [0.25, 0.3) is 6.08 Å². The molecule has 1 unspecified atom stereocenters. The van der Waals surface area contributed by atoms with Gasteiger partial charge in [0.15, 0.2) is 0 Å². The Morgan fingerprint density at radius 2 is 1.83 bits per heavy atom. The third-order valence-corrected chi connectivity index (χ3v) is 6.38. The Balaban J connectivity index is 1.74. The molecule has 0 saturated heterocycles. The zero-order chi connectivity index (χ0) is 20.9. The van der Waals surface area contributed by atoms with E-state index in [4.69, 9.17) is 0 Å². The van der Waals surface area contributed by atoms with Crippen molar-refractivity contribution in [3.63, 3.8) is 0 Å². The first kappa shape index (κ1) is 19.4. The van der Waals surface area contributed by atoms with E-state index in [-0.39, 0.29) is 11.4 Å². The van der Waals surface area contributed by atoms with Crippen LogP contribution in [0.5, 0.6) is 0 Å². The number of hydrazone groups is 1. The summed E-state index contributed by atoms with van der Waals surface area (Å²) in [4.78, 5) is 15.4. The Bertz CT molecular complexity index is 1030. The molecule has 4 rings (SSSR count). The fourth-order valence-electron chi connectivity index (χ4n) is 4.47. The molecule has 2 aliphatic heterocycles. The van der Waals surface area contributed by atoms with E-state index in [2.05, 4.69) is 56.9 Å². The average molecular weight is 388 g/mol. The monoisotopic (exact) mass is 387 g/mol. The number of rotatable bonds is 2. The molecule has 1 amide bonds. The quantitative estimate of drug-likeness (QED) is 0.636. The summed E-state index contributed by atoms with van der Waals surface area (Å²) < 4.78 is 0. The van der Waals surface area contributed by atoms with Crippen molar-refractivity contribution in [3.05, 3.63) is 64.7 Å². The van der Waals surface area contributed by atoms with Gasteiger partial charge in [-0.3, -0.25) is 4.79 Å². The Kier molecular flexibility index (Phi) is 4.60. The van der Waals surface area contributed by atoms with Gasteiger partial charge in [0.2, 0.25) is 0 Å². The van der Waals surface area contributed by atoms with E-state index in [1.807, 2.05) is 43.3 Å². The van der Waals surface area contributed by atoms with Gasteiger partial charge in [0.25, 0.3) is 5.91 Å². The second-order valence-corrected chi connectivity index (χ2v) is 8.94. The molecule has 150 valence electrons. The zero-order valence-corrected chi connectivity index (χ0v) is 18.2. The minimum absolute atomic E-state index is 0.0721. The fraction of sp³-hybridized carbons (Fsp3) is 0.360. The van der Waals surface area contributed by atoms with Crippen molar-refractivity contribution in [2.75, 3.05) is 17.0 Å². The maximum absolute atomic E-state index is 13.1. The van der Waals surface area contributed by atoms with Gasteiger partial charge in [-0.1, -0.05) is 25.1 Å². The third kappa shape index (κ3) is 3.27. The van der Waals surface area contributed by atoms with Crippen molar-refractivity contribution in [1.82, 2.24) is 0 Å². The van der Waals surface area contributed by atoms with Crippen molar-refractivity contribution < 1.29 is 4.79 Å². The van der Waals surface area contributed by atoms with Crippen LogP contribution in [0.15, 0.2) is 53.1 Å². The van der Waals surface area contributed by atoms with Gasteiger partial charge < -0.3 is 4.90 Å². The molecule has 4 heteroatoms. The van der Waals surface area contributed by atoms with Crippen LogP contribution >= 0.6 is 0 Å². The first-order valence-corrected chi connectivity index (χ1v) is 10.2. The molecule has 2 heterocycles. The molecule has 2 aliphatic rings. The molecule has 0 aromatic heterocycles. The Morgan fingerprint density at radius 3 is 2.52 bits per heavy atom. The second kappa shape index (κ2) is 6.87. The Morgan fingerprint density at radius 1 is 1.14 bits per heavy atom. The number of hydrogen-bond donors (Lipinski definition) is 0. The first-order chi connectivity index (χ1) is 13.7. The van der Waals surface area contributed by atoms with E-state index in [1.54, 1.807) is 0 Å². The molecule has 1 atom stereocenters. The van der Waals surface area contributed by atoms with Crippen molar-refractivity contribution in [2.24, 2.45) is 5.10 Å². The highest BCUT2D eigenvalue weighted by Gasteiger charge is 2.35. The summed E-state index contributed by atoms with van der Waals surface area (Å²) in [6, 6.07) is 14.1. The van der Waals surface area contributed by atoms with Gasteiger partial charge in [-0.15, -0.1) is 0 Å². The normalized spacial score (nSPS) is 22.1. The predicted molar refractivity (Wildman–Crippen MR) is 122 cm³/mol. The Hall–Kier alpha value is -2.88. The smallest absolute Gasteiger partial charge is 0.280 e. The van der Waals surface area contributed by atoms with Crippen LogP contribution in [0.3, 0.4) is 0 Å². The number of amides is 1. The summed E-state index contributed by atoms with van der Waals surface area (Å²) in [6.45, 7) is 10.9. The number of benzene rings is 2. The number of hydrogen-bond acceptors (Lipinski definition) is 3. The van der Waals surface area contributed by atoms with Gasteiger partial charge in [0, 0.05) is 18.3 Å². The SMILES string of the molecule is CC1=NN(c2ccccc2)C(=O)/C1=C\c1cc2c(cc1C)N(C)C(C)(C)CC2C. The minimum Gasteiger partial charge on any atom is -0.369 e. The predicted octanol–water partition coefficient (Wildman–Crippen LogP) is 5.52. The van der Waals surface area contributed by atoms with Crippen LogP contribution < -0.4 is 9.91 Å². The van der Waals surface area contributed by atoms with Crippen molar-refractivity contribution in [1.29, 1.82) is 0 Å². The molecule has 0 fully saturated rings. The van der Waals surface area contributed by atoms with Crippen LogP contribution in [0.1, 0.15) is 56.7 Å². The van der Waals surface area contributed by atoms with Crippen LogP contribution in [-0.2, 0) is 4.79 Å². The van der Waals surface area contributed by atoms with Gasteiger partial charge in [0.05, 0.1) is 17.0 Å². The molecule has 0 bridgehead atoms. The lowest BCUT2D eigenvalue weighted by Crippen LogP contribution is -2.45. The highest BCUT2D eigenvalue weighted by molar-refractivity contribution is 6.32. The number of carbonyl (C=O) groups is 1. The van der Waals surface area contributed by atoms with Crippen molar-refractivity contribution in [3.8, 4) is 0 Å². The molecule has 0 saturated carbocycles. The highest BCUT2D eigenvalue weighted by atomic mass is 16.2. The van der Waals surface area contributed by atoms with E-state index in [9.17, 15) is 4.79 Å². The van der Waals surface area contributed by atoms with Gasteiger partial charge in [-0.2, -0.15) is 10.1 Å². The van der Waals surface area contributed by atoms with Crippen LogP contribution in [0, 0.1) is 6.92 Å². The minimum atomic E-state index is -0.0721. The molecular formula is C25H29N3O. The van der Waals surface area contributed by atoms with Crippen LogP contribution in [0.4, 0.5) is 11.4 Å². The summed E-state index contributed by atoms with van der Waals surface area (Å²) >= 11 is 0. The molecule has 29 heavy (non-hydrogen) atoms. The molecule has 4 nitrogen and oxygen atoms in total. The number of carbonyl (C=O) groups excluding carboxylic acids is 1. The van der Waals surface area contributed by atoms with Gasteiger partial charge in [0.1, 0.15) is 0 Å². The standard InChI is InChI=1S/C25H29N3O/c1-16-12-23-21(17(2)15-25(4,5)27(23)6)13-19(16)14-22-18(3)26-28(24(22)29)20-10-8-7-9-11-20/h7-14,17H,15H2,1-6H3/b22-14-. The van der Waals surface area contributed by atoms with Gasteiger partial charge in [-0.05, 0) is 87.1 Å². The lowest BCUT2D eigenvalue weighted by atomic mass is 9.79. The van der Waals surface area contributed by atoms with E-state index in [0.717, 1.165) is 23.4 Å². The number of anilines is 2. The first-order valence-electron chi connectivity index (χ1n) is 10.2. The molecule has 0 spiro atoms. The topological polar surface area (TPSA) is 35.9 Å². The fourth-order valence-corrected chi connectivity index (χ4v) is 4.47. The summed E-state index contributed by atoms with van der Waals surface area (Å²) in [5.74, 6) is 0.404. The van der Waals surface area contributed by atoms with Crippen LogP contribution in [0.2, 0.25) is 0 Å². The van der Waals surface area contributed by atoms with Crippen molar-refractivity contribution in [2.45, 2.75) is 52.5 Å². The van der Waals surface area contributed by atoms with Gasteiger partial charge in [-0.25, -0.2) is 0 Å². The van der Waals surface area contributed by atoms with E-state index in [1.165, 1.54) is 21.8 Å². The summed E-state index contributed by atoms with van der Waals surface area (Å²) in [6.07, 6.45) is 3.11. The average Bonchev–Trinajstić information content (AvgIpc) is 2.96. The van der Waals surface area contributed by atoms with Crippen LogP contribution in [-0.4, -0.2) is 24.2 Å². The largest absolute Gasteiger partial charge is 0.369 e. The van der Waals surface area contributed by atoms with E-state index >= 15 is 0 Å². The highest BCUT2D eigenvalue weighted by Crippen LogP contribution is 2.43. The summed E-state index contributed by atoms with van der Waals surface area (Å²) in [5.41, 5.74) is 7.26. The number of aryl methyl sites for hydroxylation is 1. The molecule has 0 radical (unpaired) electrons. The maximum atomic E-state index is 13.1. The molecule has 0 N–H and O–H groups in total. The third-order valence-electron chi connectivity index (χ3n) is 6.38. The summed E-state index contributed by atoms with van der Waals surface area (Å²) in [5, 5.41) is 6.00. The lowest BCUT2D eigenvalue weighted by molar-refractivity contribution is -0.114. The summed E-state index contributed by atoms with van der Waals surface area (Å²) in [7, 11) is 2.18. The van der Waals surface area contributed by atoms with E-state index in [0.29, 0.717) is 11.5 Å². The second-order valence-electron chi connectivity index (χ2n) is 8.94. The molecule has 0 aliphatic carbocycles. The zero-order valence-electron chi connectivity index (χ0n) is 18.2. The number of fused-ring (bicyclic) bond motifs is 1. The number of nitrogens with zero attached hydrogens (tertiary/aromatic N) is 3. The molecular weight excluding hydrogens is 358 g/mol. The maximum Gasteiger partial charge on any atom is 0.280 e. The van der Waals surface area contributed by atoms with Gasteiger partial charge >= 0.3 is 0 Å². The molecule has 2 aromatic carbocycles. The lowest BCUT2D eigenvalue weighted by Gasteiger charge is -2.45. The van der Waals surface area contributed by atoms with E-state index < -0.39 is 0 Å². The van der Waals surface area contributed by atoms with Crippen molar-refractivity contribution >= 4 is 29.1 Å². The molecule has 2 aromatic rings. The number of para-hydroxylation sites is 1. The Labute approximate surface area is 173 Å².